The van der Waals surface area contributed by atoms with E-state index in [4.69, 9.17) is 16.3 Å². The minimum atomic E-state index is -0.136. The summed E-state index contributed by atoms with van der Waals surface area (Å²) in [6.45, 7) is 0.728. The van der Waals surface area contributed by atoms with Crippen molar-refractivity contribution in [3.8, 4) is 11.7 Å². The third-order valence-electron chi connectivity index (χ3n) is 5.60. The van der Waals surface area contributed by atoms with Gasteiger partial charge in [-0.15, -0.1) is 0 Å². The zero-order chi connectivity index (χ0) is 19.8. The van der Waals surface area contributed by atoms with Crippen LogP contribution < -0.4 is 4.74 Å². The average Bonchev–Trinajstić information content (AvgIpc) is 3.30. The van der Waals surface area contributed by atoms with E-state index in [9.17, 15) is 4.79 Å². The molecule has 1 amide bonds. The van der Waals surface area contributed by atoms with Crippen LogP contribution in [0.4, 0.5) is 0 Å². The summed E-state index contributed by atoms with van der Waals surface area (Å²) in [6.07, 6.45) is 8.98. The predicted octanol–water partition coefficient (Wildman–Crippen LogP) is 2.78. The molecule has 3 atom stereocenters. The Morgan fingerprint density at radius 2 is 1.86 bits per heavy atom. The molecule has 1 saturated carbocycles. The van der Waals surface area contributed by atoms with Gasteiger partial charge in [0.15, 0.2) is 0 Å². The van der Waals surface area contributed by atoms with Gasteiger partial charge in [-0.05, 0) is 37.3 Å². The van der Waals surface area contributed by atoms with Crippen molar-refractivity contribution in [3.05, 3.63) is 59.6 Å². The number of rotatable bonds is 4. The van der Waals surface area contributed by atoms with Gasteiger partial charge in [-0.1, -0.05) is 23.7 Å². The maximum atomic E-state index is 13.5. The fourth-order valence-corrected chi connectivity index (χ4v) is 4.41. The Morgan fingerprint density at radius 1 is 1.10 bits per heavy atom. The molecule has 3 aliphatic rings. The summed E-state index contributed by atoms with van der Waals surface area (Å²) in [5, 5.41) is 8.83. The summed E-state index contributed by atoms with van der Waals surface area (Å²) in [5.74, 6) is 0.370. The SMILES string of the molecule is O=C(c1ccccc1-n1nccn1)N1C[C@H]2CC[C@H]1[C@H](Oc1ncc(Cl)cn1)C2. The van der Waals surface area contributed by atoms with Crippen molar-refractivity contribution in [2.75, 3.05) is 6.54 Å². The Morgan fingerprint density at radius 3 is 2.62 bits per heavy atom. The van der Waals surface area contributed by atoms with Crippen LogP contribution >= 0.6 is 11.6 Å². The number of amides is 1. The molecule has 2 saturated heterocycles. The standard InChI is InChI=1S/C20H19ClN6O2/c21-14-10-22-20(23-11-14)29-18-9-13-5-6-17(18)26(12-13)19(28)15-3-1-2-4-16(15)27-24-7-8-25-27/h1-4,7-8,10-11,13,17-18H,5-6,9,12H2/t13-,17-,18+/m0/s1. The van der Waals surface area contributed by atoms with Gasteiger partial charge in [0.05, 0.1) is 47.1 Å². The first-order chi connectivity index (χ1) is 14.2. The molecule has 29 heavy (non-hydrogen) atoms. The van der Waals surface area contributed by atoms with Crippen molar-refractivity contribution >= 4 is 17.5 Å². The summed E-state index contributed by atoms with van der Waals surface area (Å²) in [7, 11) is 0. The van der Waals surface area contributed by atoms with E-state index in [0.29, 0.717) is 28.2 Å². The highest BCUT2D eigenvalue weighted by atomic mass is 35.5. The second-order valence-corrected chi connectivity index (χ2v) is 7.82. The molecule has 148 valence electrons. The lowest BCUT2D eigenvalue weighted by Gasteiger charge is -2.49. The second kappa shape index (κ2) is 7.44. The highest BCUT2D eigenvalue weighted by Gasteiger charge is 2.45. The van der Waals surface area contributed by atoms with Gasteiger partial charge >= 0.3 is 6.01 Å². The molecule has 0 unspecified atom stereocenters. The molecule has 6 rings (SSSR count). The molecule has 4 heterocycles. The van der Waals surface area contributed by atoms with Crippen molar-refractivity contribution in [2.45, 2.75) is 31.4 Å². The molecule has 2 aromatic heterocycles. The number of carbonyl (C=O) groups is 1. The van der Waals surface area contributed by atoms with Gasteiger partial charge in [0, 0.05) is 6.54 Å². The Balaban J connectivity index is 1.41. The number of hydrogen-bond donors (Lipinski definition) is 0. The van der Waals surface area contributed by atoms with Crippen molar-refractivity contribution in [3.63, 3.8) is 0 Å². The summed E-state index contributed by atoms with van der Waals surface area (Å²) in [4.78, 5) is 25.2. The van der Waals surface area contributed by atoms with Gasteiger partial charge in [-0.3, -0.25) is 4.79 Å². The fraction of sp³-hybridized carbons (Fsp3) is 0.350. The van der Waals surface area contributed by atoms with Gasteiger partial charge < -0.3 is 9.64 Å². The van der Waals surface area contributed by atoms with Crippen LogP contribution in [0.2, 0.25) is 5.02 Å². The molecule has 1 aromatic carbocycles. The predicted molar refractivity (Wildman–Crippen MR) is 105 cm³/mol. The topological polar surface area (TPSA) is 86.0 Å². The normalized spacial score (nSPS) is 23.2. The molecule has 3 fully saturated rings. The summed E-state index contributed by atoms with van der Waals surface area (Å²) in [5.41, 5.74) is 1.25. The maximum Gasteiger partial charge on any atom is 0.316 e. The summed E-state index contributed by atoms with van der Waals surface area (Å²) >= 11 is 5.86. The molecule has 3 aromatic rings. The lowest BCUT2D eigenvalue weighted by molar-refractivity contribution is -0.0330. The molecule has 0 radical (unpaired) electrons. The molecule has 9 heteroatoms. The van der Waals surface area contributed by atoms with Crippen LogP contribution in [0, 0.1) is 5.92 Å². The number of para-hydroxylation sites is 1. The van der Waals surface area contributed by atoms with Crippen LogP contribution in [0.1, 0.15) is 29.6 Å². The Labute approximate surface area is 172 Å². The monoisotopic (exact) mass is 410 g/mol. The van der Waals surface area contributed by atoms with Crippen LogP contribution in [-0.4, -0.2) is 54.5 Å². The Kier molecular flexibility index (Phi) is 4.63. The van der Waals surface area contributed by atoms with E-state index in [1.54, 1.807) is 12.4 Å². The zero-order valence-electron chi connectivity index (χ0n) is 15.6. The number of aromatic nitrogens is 5. The highest BCUT2D eigenvalue weighted by Crippen LogP contribution is 2.38. The Bertz CT molecular complexity index is 1010. The van der Waals surface area contributed by atoms with Gasteiger partial charge in [-0.25, -0.2) is 9.97 Å². The van der Waals surface area contributed by atoms with Crippen molar-refractivity contribution in [1.29, 1.82) is 0 Å². The van der Waals surface area contributed by atoms with Crippen LogP contribution in [-0.2, 0) is 0 Å². The molecule has 1 aliphatic carbocycles. The zero-order valence-corrected chi connectivity index (χ0v) is 16.3. The first-order valence-electron chi connectivity index (χ1n) is 9.60. The van der Waals surface area contributed by atoms with Gasteiger partial charge in [0.25, 0.3) is 5.91 Å². The smallest absolute Gasteiger partial charge is 0.316 e. The number of carbonyl (C=O) groups excluding carboxylic acids is 1. The number of piperidine rings is 2. The number of benzene rings is 1. The van der Waals surface area contributed by atoms with Crippen LogP contribution in [0.3, 0.4) is 0 Å². The van der Waals surface area contributed by atoms with E-state index in [0.717, 1.165) is 25.8 Å². The van der Waals surface area contributed by atoms with Gasteiger partial charge in [0.1, 0.15) is 6.10 Å². The van der Waals surface area contributed by atoms with E-state index >= 15 is 0 Å². The third-order valence-corrected chi connectivity index (χ3v) is 5.80. The van der Waals surface area contributed by atoms with Crippen LogP contribution in [0.25, 0.3) is 5.69 Å². The lowest BCUT2D eigenvalue weighted by atomic mass is 9.77. The molecule has 2 aliphatic heterocycles. The van der Waals surface area contributed by atoms with Crippen molar-refractivity contribution < 1.29 is 9.53 Å². The van der Waals surface area contributed by atoms with Gasteiger partial charge in [0.2, 0.25) is 0 Å². The molecular weight excluding hydrogens is 392 g/mol. The van der Waals surface area contributed by atoms with Gasteiger partial charge in [-0.2, -0.15) is 15.0 Å². The largest absolute Gasteiger partial charge is 0.458 e. The van der Waals surface area contributed by atoms with E-state index in [-0.39, 0.29) is 18.1 Å². The molecular formula is C20H19ClN6O2. The number of hydrogen-bond acceptors (Lipinski definition) is 6. The number of halogens is 1. The van der Waals surface area contributed by atoms with E-state index in [1.165, 1.54) is 17.2 Å². The first kappa shape index (κ1) is 18.1. The quantitative estimate of drug-likeness (QED) is 0.657. The molecule has 2 bridgehead atoms. The minimum absolute atomic E-state index is 0.0228. The minimum Gasteiger partial charge on any atom is -0.458 e. The number of nitrogens with zero attached hydrogens (tertiary/aromatic N) is 6. The van der Waals surface area contributed by atoms with Crippen molar-refractivity contribution in [1.82, 2.24) is 29.9 Å². The number of ether oxygens (including phenoxy) is 1. The second-order valence-electron chi connectivity index (χ2n) is 7.38. The molecule has 0 spiro atoms. The number of fused-ring (bicyclic) bond motifs is 3. The summed E-state index contributed by atoms with van der Waals surface area (Å²) in [6, 6.07) is 7.68. The fourth-order valence-electron chi connectivity index (χ4n) is 4.31. The molecule has 8 nitrogen and oxygen atoms in total. The highest BCUT2D eigenvalue weighted by molar-refractivity contribution is 6.30. The first-order valence-corrected chi connectivity index (χ1v) is 9.98. The molecule has 0 N–H and O–H groups in total. The maximum absolute atomic E-state index is 13.5. The van der Waals surface area contributed by atoms with E-state index < -0.39 is 0 Å². The summed E-state index contributed by atoms with van der Waals surface area (Å²) < 4.78 is 6.06. The van der Waals surface area contributed by atoms with Crippen molar-refractivity contribution in [2.24, 2.45) is 5.92 Å². The van der Waals surface area contributed by atoms with E-state index in [1.807, 2.05) is 29.2 Å². The van der Waals surface area contributed by atoms with E-state index in [2.05, 4.69) is 20.2 Å². The lowest BCUT2D eigenvalue weighted by Crippen LogP contribution is -2.59. The average molecular weight is 411 g/mol. The third kappa shape index (κ3) is 3.44. The van der Waals surface area contributed by atoms with Crippen LogP contribution in [0.15, 0.2) is 49.1 Å². The Hall–Kier alpha value is -3.00. The van der Waals surface area contributed by atoms with Crippen LogP contribution in [0.5, 0.6) is 6.01 Å².